The Balaban J connectivity index is 2.03. The lowest BCUT2D eigenvalue weighted by molar-refractivity contribution is 0.448. The van der Waals surface area contributed by atoms with E-state index in [0.29, 0.717) is 11.3 Å². The highest BCUT2D eigenvalue weighted by atomic mass is 19.1. The Morgan fingerprint density at radius 3 is 3.11 bits per heavy atom. The predicted octanol–water partition coefficient (Wildman–Crippen LogP) is 2.08. The van der Waals surface area contributed by atoms with E-state index >= 15 is 0 Å². The zero-order valence-electron chi connectivity index (χ0n) is 10.4. The van der Waals surface area contributed by atoms with Crippen LogP contribution in [0, 0.1) is 12.7 Å². The third-order valence-corrected chi connectivity index (χ3v) is 3.40. The highest BCUT2D eigenvalue weighted by Crippen LogP contribution is 2.28. The van der Waals surface area contributed by atoms with Crippen LogP contribution in [-0.2, 0) is 0 Å². The Morgan fingerprint density at radius 2 is 2.22 bits per heavy atom. The molecule has 1 N–H and O–H groups in total. The molecular formula is C13H16FN3O. The van der Waals surface area contributed by atoms with Crippen LogP contribution in [0.15, 0.2) is 16.7 Å². The maximum absolute atomic E-state index is 14.1. The van der Waals surface area contributed by atoms with Crippen LogP contribution in [0.2, 0.25) is 0 Å². The van der Waals surface area contributed by atoms with E-state index < -0.39 is 0 Å². The van der Waals surface area contributed by atoms with E-state index in [4.69, 9.17) is 4.52 Å². The lowest BCUT2D eigenvalue weighted by Crippen LogP contribution is -2.28. The molecule has 2 heterocycles. The summed E-state index contributed by atoms with van der Waals surface area (Å²) in [6.45, 7) is 5.46. The molecule has 0 saturated carbocycles. The van der Waals surface area contributed by atoms with Gasteiger partial charge in [-0.3, -0.25) is 0 Å². The number of benzene rings is 1. The SMILES string of the molecule is Cc1noc2cc(F)c(N3CCCNCC3)cc12. The summed E-state index contributed by atoms with van der Waals surface area (Å²) in [6, 6.07) is 3.28. The number of nitrogens with one attached hydrogen (secondary N) is 1. The minimum absolute atomic E-state index is 0.236. The van der Waals surface area contributed by atoms with Crippen LogP contribution in [0.1, 0.15) is 12.1 Å². The molecule has 0 unspecified atom stereocenters. The lowest BCUT2D eigenvalue weighted by Gasteiger charge is -2.22. The number of hydrogen-bond acceptors (Lipinski definition) is 4. The summed E-state index contributed by atoms with van der Waals surface area (Å²) >= 11 is 0. The Morgan fingerprint density at radius 1 is 1.33 bits per heavy atom. The fourth-order valence-electron chi connectivity index (χ4n) is 2.40. The van der Waals surface area contributed by atoms with Gasteiger partial charge in [-0.25, -0.2) is 4.39 Å². The topological polar surface area (TPSA) is 41.3 Å². The van der Waals surface area contributed by atoms with Crippen LogP contribution in [0.3, 0.4) is 0 Å². The van der Waals surface area contributed by atoms with Gasteiger partial charge in [0.15, 0.2) is 5.58 Å². The van der Waals surface area contributed by atoms with Gasteiger partial charge < -0.3 is 14.7 Å². The zero-order valence-corrected chi connectivity index (χ0v) is 10.4. The van der Waals surface area contributed by atoms with Crippen LogP contribution < -0.4 is 10.2 Å². The molecule has 1 aromatic heterocycles. The molecule has 0 atom stereocenters. The molecule has 96 valence electrons. The lowest BCUT2D eigenvalue weighted by atomic mass is 10.1. The monoisotopic (exact) mass is 249 g/mol. The van der Waals surface area contributed by atoms with Crippen molar-refractivity contribution in [3.63, 3.8) is 0 Å². The summed E-state index contributed by atoms with van der Waals surface area (Å²) in [5.41, 5.74) is 1.97. The quantitative estimate of drug-likeness (QED) is 0.840. The molecule has 0 amide bonds. The van der Waals surface area contributed by atoms with Gasteiger partial charge >= 0.3 is 0 Å². The highest BCUT2D eigenvalue weighted by molar-refractivity contribution is 5.83. The number of aryl methyl sites for hydroxylation is 1. The molecule has 4 nitrogen and oxygen atoms in total. The molecule has 3 rings (SSSR count). The molecule has 0 bridgehead atoms. The normalized spacial score (nSPS) is 17.1. The largest absolute Gasteiger partial charge is 0.368 e. The standard InChI is InChI=1S/C13H16FN3O/c1-9-10-7-12(11(14)8-13(10)18-16-9)17-5-2-3-15-4-6-17/h7-8,15H,2-6H2,1H3. The first-order chi connectivity index (χ1) is 8.75. The molecule has 1 aromatic carbocycles. The smallest absolute Gasteiger partial charge is 0.170 e. The second-order valence-electron chi connectivity index (χ2n) is 4.66. The van der Waals surface area contributed by atoms with Crippen LogP contribution in [0.5, 0.6) is 0 Å². The first kappa shape index (κ1) is 11.5. The number of fused-ring (bicyclic) bond motifs is 1. The molecular weight excluding hydrogens is 233 g/mol. The van der Waals surface area contributed by atoms with Crippen molar-refractivity contribution in [1.29, 1.82) is 0 Å². The Bertz CT molecular complexity index is 559. The van der Waals surface area contributed by atoms with E-state index in [1.54, 1.807) is 0 Å². The van der Waals surface area contributed by atoms with Gasteiger partial charge in [-0.05, 0) is 26.0 Å². The number of hydrogen-bond donors (Lipinski definition) is 1. The minimum Gasteiger partial charge on any atom is -0.368 e. The van der Waals surface area contributed by atoms with Crippen molar-refractivity contribution in [1.82, 2.24) is 10.5 Å². The van der Waals surface area contributed by atoms with Gasteiger partial charge in [0.05, 0.1) is 11.4 Å². The predicted molar refractivity (Wildman–Crippen MR) is 68.4 cm³/mol. The first-order valence-corrected chi connectivity index (χ1v) is 6.27. The fourth-order valence-corrected chi connectivity index (χ4v) is 2.40. The number of nitrogens with zero attached hydrogens (tertiary/aromatic N) is 2. The van der Waals surface area contributed by atoms with E-state index in [-0.39, 0.29) is 5.82 Å². The number of halogens is 1. The second-order valence-corrected chi connectivity index (χ2v) is 4.66. The van der Waals surface area contributed by atoms with Crippen LogP contribution in [-0.4, -0.2) is 31.3 Å². The van der Waals surface area contributed by atoms with Crippen LogP contribution >= 0.6 is 0 Å². The van der Waals surface area contributed by atoms with Gasteiger partial charge in [0.25, 0.3) is 0 Å². The van der Waals surface area contributed by atoms with Gasteiger partial charge in [-0.15, -0.1) is 0 Å². The van der Waals surface area contributed by atoms with Gasteiger partial charge in [-0.2, -0.15) is 0 Å². The second kappa shape index (κ2) is 4.57. The maximum Gasteiger partial charge on any atom is 0.170 e. The number of aromatic nitrogens is 1. The van der Waals surface area contributed by atoms with E-state index in [0.717, 1.165) is 43.7 Å². The molecule has 5 heteroatoms. The van der Waals surface area contributed by atoms with E-state index in [9.17, 15) is 4.39 Å². The highest BCUT2D eigenvalue weighted by Gasteiger charge is 2.16. The molecule has 2 aromatic rings. The molecule has 0 radical (unpaired) electrons. The van der Waals surface area contributed by atoms with Crippen molar-refractivity contribution in [3.05, 3.63) is 23.6 Å². The third-order valence-electron chi connectivity index (χ3n) is 3.40. The van der Waals surface area contributed by atoms with Crippen LogP contribution in [0.4, 0.5) is 10.1 Å². The van der Waals surface area contributed by atoms with Gasteiger partial charge in [0, 0.05) is 31.1 Å². The summed E-state index contributed by atoms with van der Waals surface area (Å²) in [5.74, 6) is -0.236. The average molecular weight is 249 g/mol. The molecule has 1 aliphatic heterocycles. The Labute approximate surface area is 105 Å². The van der Waals surface area contributed by atoms with Gasteiger partial charge in [-0.1, -0.05) is 5.16 Å². The Kier molecular flexibility index (Phi) is 2.91. The first-order valence-electron chi connectivity index (χ1n) is 6.27. The zero-order chi connectivity index (χ0) is 12.5. The number of anilines is 1. The summed E-state index contributed by atoms with van der Waals surface area (Å²) in [6.07, 6.45) is 1.03. The molecule has 18 heavy (non-hydrogen) atoms. The maximum atomic E-state index is 14.1. The van der Waals surface area contributed by atoms with Crippen molar-refractivity contribution in [2.45, 2.75) is 13.3 Å². The summed E-state index contributed by atoms with van der Waals surface area (Å²) < 4.78 is 19.2. The summed E-state index contributed by atoms with van der Waals surface area (Å²) in [7, 11) is 0. The number of rotatable bonds is 1. The van der Waals surface area contributed by atoms with Crippen molar-refractivity contribution in [2.75, 3.05) is 31.1 Å². The van der Waals surface area contributed by atoms with E-state index in [1.165, 1.54) is 6.07 Å². The molecule has 1 aliphatic rings. The van der Waals surface area contributed by atoms with E-state index in [2.05, 4.69) is 15.4 Å². The molecule has 1 fully saturated rings. The van der Waals surface area contributed by atoms with Crippen molar-refractivity contribution in [3.8, 4) is 0 Å². The van der Waals surface area contributed by atoms with Crippen LogP contribution in [0.25, 0.3) is 11.0 Å². The van der Waals surface area contributed by atoms with Crippen molar-refractivity contribution < 1.29 is 8.91 Å². The van der Waals surface area contributed by atoms with Gasteiger partial charge in [0.2, 0.25) is 0 Å². The molecule has 0 spiro atoms. The average Bonchev–Trinajstić information content (AvgIpc) is 2.58. The molecule has 0 aliphatic carbocycles. The minimum atomic E-state index is -0.236. The van der Waals surface area contributed by atoms with E-state index in [1.807, 2.05) is 13.0 Å². The summed E-state index contributed by atoms with van der Waals surface area (Å²) in [5, 5.41) is 8.08. The van der Waals surface area contributed by atoms with Crippen molar-refractivity contribution in [2.24, 2.45) is 0 Å². The van der Waals surface area contributed by atoms with Crippen molar-refractivity contribution >= 4 is 16.7 Å². The van der Waals surface area contributed by atoms with Gasteiger partial charge in [0.1, 0.15) is 5.82 Å². The molecule has 1 saturated heterocycles. The Hall–Kier alpha value is -1.62. The summed E-state index contributed by atoms with van der Waals surface area (Å²) in [4.78, 5) is 2.08. The fraction of sp³-hybridized carbons (Fsp3) is 0.462. The third kappa shape index (κ3) is 1.95.